The van der Waals surface area contributed by atoms with Crippen LogP contribution in [-0.2, 0) is 0 Å². The van der Waals surface area contributed by atoms with Crippen molar-refractivity contribution in [1.29, 1.82) is 0 Å². The van der Waals surface area contributed by atoms with Crippen LogP contribution in [0.4, 0.5) is 0 Å². The molecule has 0 aromatic heterocycles. The molecular weight excluding hydrogens is 216 g/mol. The molecule has 0 saturated carbocycles. The van der Waals surface area contributed by atoms with Crippen molar-refractivity contribution in [2.45, 2.75) is 17.8 Å². The molecule has 0 amide bonds. The summed E-state index contributed by atoms with van der Waals surface area (Å²) in [4.78, 5) is 0.324. The second kappa shape index (κ2) is 4.60. The van der Waals surface area contributed by atoms with Gasteiger partial charge >= 0.3 is 0 Å². The number of benzene rings is 1. The third-order valence-corrected chi connectivity index (χ3v) is 2.33. The Hall–Kier alpha value is -0.380. The second-order valence-electron chi connectivity index (χ2n) is 2.73. The molecule has 1 rings (SSSR count). The zero-order valence-corrected chi connectivity index (χ0v) is 8.58. The van der Waals surface area contributed by atoms with Gasteiger partial charge in [-0.05, 0) is 5.56 Å². The fraction of sp³-hybridized carbons (Fsp3) is 0.333. The number of hydrazine groups is 1. The first-order valence-corrected chi connectivity index (χ1v) is 4.82. The summed E-state index contributed by atoms with van der Waals surface area (Å²) >= 11 is 3.50. The average Bonchev–Trinajstić information content (AvgIpc) is 2.07. The van der Waals surface area contributed by atoms with Gasteiger partial charge in [0, 0.05) is 4.83 Å². The first-order valence-electron chi connectivity index (χ1n) is 3.91. The van der Waals surface area contributed by atoms with E-state index in [0.717, 1.165) is 0 Å². The van der Waals surface area contributed by atoms with Gasteiger partial charge in [-0.25, -0.2) is 0 Å². The fourth-order valence-electron chi connectivity index (χ4n) is 1.15. The van der Waals surface area contributed by atoms with Crippen molar-refractivity contribution in [3.8, 4) is 0 Å². The summed E-state index contributed by atoms with van der Waals surface area (Å²) in [6.07, 6.45) is 0. The number of rotatable bonds is 3. The first kappa shape index (κ1) is 9.71. The Balaban J connectivity index is 2.80. The highest BCUT2D eigenvalue weighted by atomic mass is 79.9. The standard InChI is InChI=1S/C9H13BrN2/c1-7(10)9(12-11)8-5-3-2-4-6-8/h2-7,9,12H,11H2,1H3/t7-,9-/m1/s1. The molecule has 0 aliphatic carbocycles. The lowest BCUT2D eigenvalue weighted by Gasteiger charge is -2.18. The monoisotopic (exact) mass is 228 g/mol. The summed E-state index contributed by atoms with van der Waals surface area (Å²) in [5.41, 5.74) is 3.97. The highest BCUT2D eigenvalue weighted by Crippen LogP contribution is 2.20. The van der Waals surface area contributed by atoms with E-state index in [1.165, 1.54) is 5.56 Å². The molecule has 0 fully saturated rings. The summed E-state index contributed by atoms with van der Waals surface area (Å²) in [5, 5.41) is 0. The van der Waals surface area contributed by atoms with Crippen LogP contribution in [0.25, 0.3) is 0 Å². The molecular formula is C9H13BrN2. The number of hydrogen-bond donors (Lipinski definition) is 2. The van der Waals surface area contributed by atoms with E-state index in [1.807, 2.05) is 18.2 Å². The lowest BCUT2D eigenvalue weighted by molar-refractivity contribution is 0.555. The number of nitrogens with two attached hydrogens (primary N) is 1. The van der Waals surface area contributed by atoms with E-state index < -0.39 is 0 Å². The zero-order valence-electron chi connectivity index (χ0n) is 7.00. The molecule has 0 saturated heterocycles. The molecule has 3 heteroatoms. The van der Waals surface area contributed by atoms with Gasteiger partial charge in [-0.2, -0.15) is 0 Å². The smallest absolute Gasteiger partial charge is 0.0582 e. The van der Waals surface area contributed by atoms with E-state index in [-0.39, 0.29) is 6.04 Å². The molecule has 66 valence electrons. The van der Waals surface area contributed by atoms with Gasteiger partial charge in [0.05, 0.1) is 6.04 Å². The highest BCUT2D eigenvalue weighted by molar-refractivity contribution is 9.09. The van der Waals surface area contributed by atoms with Crippen LogP contribution >= 0.6 is 15.9 Å². The van der Waals surface area contributed by atoms with Gasteiger partial charge in [0.2, 0.25) is 0 Å². The molecule has 1 aromatic rings. The maximum absolute atomic E-state index is 5.43. The van der Waals surface area contributed by atoms with Crippen molar-refractivity contribution < 1.29 is 0 Å². The molecule has 0 unspecified atom stereocenters. The van der Waals surface area contributed by atoms with E-state index in [2.05, 4.69) is 40.4 Å². The van der Waals surface area contributed by atoms with Crippen molar-refractivity contribution in [1.82, 2.24) is 5.43 Å². The Bertz CT molecular complexity index is 223. The molecule has 0 bridgehead atoms. The van der Waals surface area contributed by atoms with Crippen molar-refractivity contribution in [2.75, 3.05) is 0 Å². The van der Waals surface area contributed by atoms with Crippen LogP contribution in [-0.4, -0.2) is 4.83 Å². The van der Waals surface area contributed by atoms with Crippen LogP contribution < -0.4 is 11.3 Å². The number of alkyl halides is 1. The zero-order chi connectivity index (χ0) is 8.97. The van der Waals surface area contributed by atoms with E-state index in [0.29, 0.717) is 4.83 Å². The van der Waals surface area contributed by atoms with Gasteiger partial charge in [0.1, 0.15) is 0 Å². The maximum Gasteiger partial charge on any atom is 0.0582 e. The molecule has 2 nitrogen and oxygen atoms in total. The van der Waals surface area contributed by atoms with E-state index in [4.69, 9.17) is 5.84 Å². The van der Waals surface area contributed by atoms with Gasteiger partial charge < -0.3 is 0 Å². The number of hydrogen-bond acceptors (Lipinski definition) is 2. The molecule has 2 atom stereocenters. The first-order chi connectivity index (χ1) is 5.75. The number of halogens is 1. The lowest BCUT2D eigenvalue weighted by Crippen LogP contribution is -2.32. The van der Waals surface area contributed by atoms with Gasteiger partial charge in [0.25, 0.3) is 0 Å². The Morgan fingerprint density at radius 2 is 1.92 bits per heavy atom. The van der Waals surface area contributed by atoms with Crippen molar-refractivity contribution in [2.24, 2.45) is 5.84 Å². The van der Waals surface area contributed by atoms with E-state index >= 15 is 0 Å². The predicted molar refractivity (Wildman–Crippen MR) is 54.9 cm³/mol. The van der Waals surface area contributed by atoms with Crippen molar-refractivity contribution in [3.63, 3.8) is 0 Å². The van der Waals surface area contributed by atoms with Gasteiger partial charge in [-0.15, -0.1) is 0 Å². The highest BCUT2D eigenvalue weighted by Gasteiger charge is 2.13. The molecule has 1 aromatic carbocycles. The van der Waals surface area contributed by atoms with E-state index in [9.17, 15) is 0 Å². The van der Waals surface area contributed by atoms with Gasteiger partial charge in [0.15, 0.2) is 0 Å². The molecule has 0 radical (unpaired) electrons. The minimum atomic E-state index is 0.172. The normalized spacial score (nSPS) is 15.6. The molecule has 12 heavy (non-hydrogen) atoms. The Kier molecular flexibility index (Phi) is 3.72. The van der Waals surface area contributed by atoms with Crippen LogP contribution in [0, 0.1) is 0 Å². The van der Waals surface area contributed by atoms with Crippen molar-refractivity contribution in [3.05, 3.63) is 35.9 Å². The van der Waals surface area contributed by atoms with Crippen LogP contribution in [0.15, 0.2) is 30.3 Å². The largest absolute Gasteiger partial charge is 0.271 e. The second-order valence-corrected chi connectivity index (χ2v) is 4.18. The summed E-state index contributed by atoms with van der Waals surface area (Å²) in [6.45, 7) is 2.07. The van der Waals surface area contributed by atoms with Gasteiger partial charge in [-0.1, -0.05) is 53.2 Å². The Morgan fingerprint density at radius 1 is 1.33 bits per heavy atom. The van der Waals surface area contributed by atoms with Crippen LogP contribution in [0.1, 0.15) is 18.5 Å². The topological polar surface area (TPSA) is 38.0 Å². The SMILES string of the molecule is C[C@@H](Br)[C@@H](NN)c1ccccc1. The summed E-state index contributed by atoms with van der Waals surface area (Å²) in [7, 11) is 0. The molecule has 0 heterocycles. The molecule has 0 spiro atoms. The Morgan fingerprint density at radius 3 is 2.33 bits per heavy atom. The van der Waals surface area contributed by atoms with Crippen LogP contribution in [0.5, 0.6) is 0 Å². The minimum absolute atomic E-state index is 0.172. The Labute approximate surface area is 81.3 Å². The predicted octanol–water partition coefficient (Wildman–Crippen LogP) is 1.97. The van der Waals surface area contributed by atoms with Gasteiger partial charge in [-0.3, -0.25) is 11.3 Å². The summed E-state index contributed by atoms with van der Waals surface area (Å²) in [6, 6.07) is 10.3. The number of nitrogens with one attached hydrogen (secondary N) is 1. The maximum atomic E-state index is 5.43. The third kappa shape index (κ3) is 2.30. The molecule has 0 aliphatic heterocycles. The van der Waals surface area contributed by atoms with E-state index in [1.54, 1.807) is 0 Å². The van der Waals surface area contributed by atoms with Crippen LogP contribution in [0.2, 0.25) is 0 Å². The van der Waals surface area contributed by atoms with Crippen LogP contribution in [0.3, 0.4) is 0 Å². The molecule has 3 N–H and O–H groups in total. The van der Waals surface area contributed by atoms with Crippen molar-refractivity contribution >= 4 is 15.9 Å². The average molecular weight is 229 g/mol. The minimum Gasteiger partial charge on any atom is -0.271 e. The quantitative estimate of drug-likeness (QED) is 0.472. The summed E-state index contributed by atoms with van der Waals surface area (Å²) < 4.78 is 0. The fourth-order valence-corrected chi connectivity index (χ4v) is 1.61. The lowest BCUT2D eigenvalue weighted by atomic mass is 10.1. The molecule has 0 aliphatic rings. The third-order valence-electron chi connectivity index (χ3n) is 1.80. The summed E-state index contributed by atoms with van der Waals surface area (Å²) in [5.74, 6) is 5.43.